The van der Waals surface area contributed by atoms with E-state index in [0.717, 1.165) is 24.1 Å². The summed E-state index contributed by atoms with van der Waals surface area (Å²) in [5, 5.41) is 13.6. The van der Waals surface area contributed by atoms with Crippen LogP contribution in [0.1, 0.15) is 37.8 Å². The molecule has 2 N–H and O–H groups in total. The maximum Gasteiger partial charge on any atom is 0.446 e. The molecule has 0 heterocycles. The molecule has 0 amide bonds. The minimum absolute atomic E-state index is 0.0802. The molecule has 0 fully saturated rings. The van der Waals surface area contributed by atoms with E-state index in [4.69, 9.17) is 18.8 Å². The minimum Gasteiger partial charge on any atom is -0.493 e. The van der Waals surface area contributed by atoms with Crippen LogP contribution in [0.15, 0.2) is 36.4 Å². The van der Waals surface area contributed by atoms with Gasteiger partial charge in [-0.2, -0.15) is 13.7 Å². The van der Waals surface area contributed by atoms with E-state index in [0.29, 0.717) is 30.9 Å². The molecule has 0 aliphatic heterocycles. The van der Waals surface area contributed by atoms with Gasteiger partial charge in [0.2, 0.25) is 0 Å². The van der Waals surface area contributed by atoms with Gasteiger partial charge in [-0.15, -0.1) is 0 Å². The van der Waals surface area contributed by atoms with Gasteiger partial charge in [0.05, 0.1) is 32.8 Å². The zero-order chi connectivity index (χ0) is 26.1. The van der Waals surface area contributed by atoms with Crippen molar-refractivity contribution in [3.05, 3.63) is 47.5 Å². The first-order valence-electron chi connectivity index (χ1n) is 11.3. The molecule has 192 valence electrons. The van der Waals surface area contributed by atoms with Crippen molar-refractivity contribution in [3.8, 4) is 29.1 Å². The van der Waals surface area contributed by atoms with Crippen LogP contribution in [0.2, 0.25) is 0 Å². The summed E-state index contributed by atoms with van der Waals surface area (Å²) in [6, 6.07) is 13.0. The van der Waals surface area contributed by atoms with Crippen molar-refractivity contribution in [2.75, 3.05) is 34.4 Å². The molecule has 0 aliphatic rings. The van der Waals surface area contributed by atoms with Gasteiger partial charge < -0.3 is 23.7 Å². The summed E-state index contributed by atoms with van der Waals surface area (Å²) < 4.78 is 51.2. The van der Waals surface area contributed by atoms with Crippen molar-refractivity contribution < 1.29 is 31.4 Å². The van der Waals surface area contributed by atoms with Crippen LogP contribution in [0, 0.1) is 17.2 Å². The maximum absolute atomic E-state index is 10.9. The quantitative estimate of drug-likeness (QED) is 0.289. The van der Waals surface area contributed by atoms with Crippen molar-refractivity contribution in [2.45, 2.75) is 38.5 Å². The third-order valence-electron chi connectivity index (χ3n) is 6.02. The highest BCUT2D eigenvalue weighted by molar-refractivity contribution is 7.81. The van der Waals surface area contributed by atoms with E-state index in [9.17, 15) is 13.7 Å². The Bertz CT molecular complexity index is 1130. The highest BCUT2D eigenvalue weighted by atomic mass is 32.3. The molecule has 1 atom stereocenters. The molecule has 10 heteroatoms. The van der Waals surface area contributed by atoms with Crippen LogP contribution < -0.4 is 23.7 Å². The molecule has 0 saturated carbocycles. The Hall–Kier alpha value is -3.00. The number of hydrogen-bond donors (Lipinski definition) is 2. The fraction of sp³-hybridized carbons (Fsp3) is 0.480. The van der Waals surface area contributed by atoms with Gasteiger partial charge in [0.15, 0.2) is 23.0 Å². The summed E-state index contributed by atoms with van der Waals surface area (Å²) in [5.74, 6) is 1.46. The topological polar surface area (TPSA) is 127 Å². The molecular formula is C25H34N2O7S. The van der Waals surface area contributed by atoms with Gasteiger partial charge in [0, 0.05) is 0 Å². The molecule has 2 aromatic carbocycles. The second-order valence-corrected chi connectivity index (χ2v) is 9.43. The summed E-state index contributed by atoms with van der Waals surface area (Å²) >= 11 is 0. The Balaban J connectivity index is 1.96. The highest BCUT2D eigenvalue weighted by Crippen LogP contribution is 2.40. The first-order valence-corrected chi connectivity index (χ1v) is 12.6. The van der Waals surface area contributed by atoms with Gasteiger partial charge in [-0.05, 0) is 73.7 Å². The van der Waals surface area contributed by atoms with Crippen molar-refractivity contribution in [3.63, 3.8) is 0 Å². The number of nitrogens with zero attached hydrogens (tertiary/aromatic N) is 1. The second-order valence-electron chi connectivity index (χ2n) is 8.41. The summed E-state index contributed by atoms with van der Waals surface area (Å²) in [7, 11) is -0.0677. The summed E-state index contributed by atoms with van der Waals surface area (Å²) in [6.45, 7) is 5.51. The van der Waals surface area contributed by atoms with Crippen molar-refractivity contribution in [1.82, 2.24) is 5.32 Å². The molecule has 0 radical (unpaired) electrons. The molecule has 0 aromatic heterocycles. The molecule has 9 nitrogen and oxygen atoms in total. The molecule has 0 bridgehead atoms. The normalized spacial score (nSPS) is 13.1. The van der Waals surface area contributed by atoms with E-state index in [1.54, 1.807) is 26.4 Å². The van der Waals surface area contributed by atoms with Crippen molar-refractivity contribution >= 4 is 10.4 Å². The van der Waals surface area contributed by atoms with Gasteiger partial charge in [-0.1, -0.05) is 26.0 Å². The van der Waals surface area contributed by atoms with Gasteiger partial charge in [-0.25, -0.2) is 0 Å². The fourth-order valence-corrected chi connectivity index (χ4v) is 4.39. The number of methoxy groups -OCH3 is 3. The number of nitriles is 1. The van der Waals surface area contributed by atoms with Gasteiger partial charge >= 0.3 is 10.4 Å². The Morgan fingerprint density at radius 3 is 2.17 bits per heavy atom. The molecule has 2 aromatic rings. The van der Waals surface area contributed by atoms with E-state index in [-0.39, 0.29) is 17.4 Å². The zero-order valence-electron chi connectivity index (χ0n) is 20.8. The van der Waals surface area contributed by atoms with Crippen LogP contribution in [0.5, 0.6) is 23.0 Å². The average molecular weight is 507 g/mol. The van der Waals surface area contributed by atoms with E-state index in [1.165, 1.54) is 13.2 Å². The van der Waals surface area contributed by atoms with Crippen LogP contribution in [-0.2, 0) is 22.2 Å². The Morgan fingerprint density at radius 2 is 1.60 bits per heavy atom. The maximum atomic E-state index is 10.9. The minimum atomic E-state index is -4.63. The number of hydrogen-bond acceptors (Lipinski definition) is 8. The van der Waals surface area contributed by atoms with Crippen LogP contribution in [0.3, 0.4) is 0 Å². The van der Waals surface area contributed by atoms with Crippen LogP contribution in [0.4, 0.5) is 0 Å². The Labute approximate surface area is 207 Å². The lowest BCUT2D eigenvalue weighted by molar-refractivity contribution is 0.341. The predicted molar refractivity (Wildman–Crippen MR) is 133 cm³/mol. The fourth-order valence-electron chi connectivity index (χ4n) is 4.03. The highest BCUT2D eigenvalue weighted by Gasteiger charge is 2.36. The number of ether oxygens (including phenoxy) is 3. The first kappa shape index (κ1) is 28.2. The van der Waals surface area contributed by atoms with Crippen molar-refractivity contribution in [2.24, 2.45) is 5.92 Å². The van der Waals surface area contributed by atoms with E-state index in [2.05, 4.69) is 29.4 Å². The van der Waals surface area contributed by atoms with Crippen LogP contribution in [0.25, 0.3) is 0 Å². The van der Waals surface area contributed by atoms with E-state index < -0.39 is 15.8 Å². The first-order chi connectivity index (χ1) is 16.6. The van der Waals surface area contributed by atoms with E-state index >= 15 is 0 Å². The number of nitrogens with one attached hydrogen (secondary N) is 1. The van der Waals surface area contributed by atoms with Crippen LogP contribution in [-0.4, -0.2) is 47.4 Å². The molecule has 0 saturated heterocycles. The largest absolute Gasteiger partial charge is 0.493 e. The van der Waals surface area contributed by atoms with Crippen LogP contribution >= 0.6 is 0 Å². The standard InChI is InChI=1S/C25H34N2O7S/c1-18(2)25(17-26,20-8-10-21(31-3)24(16-20)33-5)12-6-13-27-14-11-19-7-9-22(23(15-19)32-4)34-35(28,29)30/h7-10,15-16,18,27H,6,11-14H2,1-5H3,(H,28,29,30). The van der Waals surface area contributed by atoms with Gasteiger partial charge in [0.25, 0.3) is 0 Å². The summed E-state index contributed by atoms with van der Waals surface area (Å²) in [6.07, 6.45) is 2.15. The van der Waals surface area contributed by atoms with E-state index in [1.807, 2.05) is 18.2 Å². The third-order valence-corrected chi connectivity index (χ3v) is 6.41. The molecule has 0 spiro atoms. The number of benzene rings is 2. The predicted octanol–water partition coefficient (Wildman–Crippen LogP) is 3.92. The molecule has 1 unspecified atom stereocenters. The summed E-state index contributed by atoms with van der Waals surface area (Å²) in [4.78, 5) is 0. The van der Waals surface area contributed by atoms with Gasteiger partial charge in [0.1, 0.15) is 0 Å². The number of rotatable bonds is 14. The average Bonchev–Trinajstić information content (AvgIpc) is 2.83. The Morgan fingerprint density at radius 1 is 0.971 bits per heavy atom. The molecular weight excluding hydrogens is 472 g/mol. The SMILES string of the molecule is COc1ccc(C(C#N)(CCCNCCc2ccc(OS(=O)(=O)O)c(OC)c2)C(C)C)cc1OC. The smallest absolute Gasteiger partial charge is 0.446 e. The molecule has 35 heavy (non-hydrogen) atoms. The second kappa shape index (κ2) is 12.6. The zero-order valence-corrected chi connectivity index (χ0v) is 21.6. The lowest BCUT2D eigenvalue weighted by Crippen LogP contribution is -2.32. The lowest BCUT2D eigenvalue weighted by Gasteiger charge is -2.32. The van der Waals surface area contributed by atoms with Crippen molar-refractivity contribution in [1.29, 1.82) is 5.26 Å². The monoisotopic (exact) mass is 506 g/mol. The molecule has 2 rings (SSSR count). The summed E-state index contributed by atoms with van der Waals surface area (Å²) in [5.41, 5.74) is 1.17. The Kier molecular flexibility index (Phi) is 10.2. The van der Waals surface area contributed by atoms with Gasteiger partial charge in [-0.3, -0.25) is 4.55 Å². The molecule has 0 aliphatic carbocycles. The third kappa shape index (κ3) is 7.49. The lowest BCUT2D eigenvalue weighted by atomic mass is 9.70.